The zero-order valence-corrected chi connectivity index (χ0v) is 17.8. The van der Waals surface area contributed by atoms with Crippen LogP contribution in [0.1, 0.15) is 39.4 Å². The van der Waals surface area contributed by atoms with Gasteiger partial charge in [-0.15, -0.1) is 0 Å². The summed E-state index contributed by atoms with van der Waals surface area (Å²) in [4.78, 5) is 11.4. The highest BCUT2D eigenvalue weighted by molar-refractivity contribution is 5.88. The second-order valence-corrected chi connectivity index (χ2v) is 7.80. The molecule has 5 nitrogen and oxygen atoms in total. The number of carboxylic acid groups (broad SMARTS) is 1. The summed E-state index contributed by atoms with van der Waals surface area (Å²) in [5.41, 5.74) is 0.671. The lowest BCUT2D eigenvalue weighted by atomic mass is 9.83. The third kappa shape index (κ3) is 4.66. The van der Waals surface area contributed by atoms with E-state index in [0.29, 0.717) is 30.8 Å². The summed E-state index contributed by atoms with van der Waals surface area (Å²) in [5.74, 6) is -4.08. The van der Waals surface area contributed by atoms with Crippen molar-refractivity contribution in [3.05, 3.63) is 94.3 Å². The minimum absolute atomic E-state index is 0.109. The number of aromatic carboxylic acids is 1. The van der Waals surface area contributed by atoms with E-state index >= 15 is 4.39 Å². The maximum absolute atomic E-state index is 15.0. The Morgan fingerprint density at radius 3 is 2.61 bits per heavy atom. The van der Waals surface area contributed by atoms with Crippen molar-refractivity contribution in [3.63, 3.8) is 0 Å². The van der Waals surface area contributed by atoms with Gasteiger partial charge in [-0.2, -0.15) is 0 Å². The molecule has 0 saturated heterocycles. The van der Waals surface area contributed by atoms with Crippen molar-refractivity contribution in [2.24, 2.45) is 0 Å². The Morgan fingerprint density at radius 2 is 1.85 bits per heavy atom. The molecule has 2 atom stereocenters. The Hall–Kier alpha value is -3.52. The molecule has 0 aliphatic carbocycles. The van der Waals surface area contributed by atoms with Crippen LogP contribution in [0.5, 0.6) is 11.5 Å². The number of carbonyl (C=O) groups is 1. The zero-order chi connectivity index (χ0) is 23.5. The first-order chi connectivity index (χ1) is 15.9. The Bertz CT molecular complexity index is 1180. The average Bonchev–Trinajstić information content (AvgIpc) is 2.79. The van der Waals surface area contributed by atoms with Gasteiger partial charge in [0.1, 0.15) is 29.1 Å². The standard InChI is InChI=1S/C25H22F3NO4/c1-32-22-10-14(6-8-19(22)26)12-29-13-15-11-18(16-4-2-3-5-21(16)33-15)17-7-9-20(27)23(24(17)28)25(30)31/h2-10,15,18,29H,11-13H2,1H3,(H,30,31). The zero-order valence-electron chi connectivity index (χ0n) is 17.8. The molecule has 0 amide bonds. The van der Waals surface area contributed by atoms with E-state index in [1.807, 2.05) is 0 Å². The van der Waals surface area contributed by atoms with E-state index in [2.05, 4.69) is 5.32 Å². The van der Waals surface area contributed by atoms with Crippen molar-refractivity contribution >= 4 is 5.97 Å². The molecule has 0 spiro atoms. The Labute approximate surface area is 188 Å². The van der Waals surface area contributed by atoms with Gasteiger partial charge in [0.15, 0.2) is 11.6 Å². The first-order valence-electron chi connectivity index (χ1n) is 10.4. The molecule has 0 saturated carbocycles. The van der Waals surface area contributed by atoms with Crippen molar-refractivity contribution in [3.8, 4) is 11.5 Å². The van der Waals surface area contributed by atoms with Crippen LogP contribution in [0.25, 0.3) is 0 Å². The number of hydrogen-bond acceptors (Lipinski definition) is 4. The lowest BCUT2D eigenvalue weighted by Gasteiger charge is -2.33. The molecule has 0 aromatic heterocycles. The van der Waals surface area contributed by atoms with E-state index in [9.17, 15) is 18.7 Å². The summed E-state index contributed by atoms with van der Waals surface area (Å²) in [6.07, 6.45) is 0.00298. The van der Waals surface area contributed by atoms with Crippen LogP contribution in [-0.4, -0.2) is 30.8 Å². The van der Waals surface area contributed by atoms with Gasteiger partial charge in [0.05, 0.1) is 7.11 Å². The second kappa shape index (κ2) is 9.54. The lowest BCUT2D eigenvalue weighted by Crippen LogP contribution is -2.36. The molecule has 1 heterocycles. The Kier molecular flexibility index (Phi) is 6.55. The van der Waals surface area contributed by atoms with Gasteiger partial charge in [0.2, 0.25) is 0 Å². The quantitative estimate of drug-likeness (QED) is 0.529. The fourth-order valence-electron chi connectivity index (χ4n) is 4.14. The van der Waals surface area contributed by atoms with Crippen LogP contribution >= 0.6 is 0 Å². The number of methoxy groups -OCH3 is 1. The summed E-state index contributed by atoms with van der Waals surface area (Å²) in [6, 6.07) is 14.0. The number of benzene rings is 3. The third-order valence-electron chi connectivity index (χ3n) is 5.71. The van der Waals surface area contributed by atoms with Crippen molar-refractivity contribution < 1.29 is 32.5 Å². The number of fused-ring (bicyclic) bond motifs is 1. The fourth-order valence-corrected chi connectivity index (χ4v) is 4.14. The van der Waals surface area contributed by atoms with Crippen molar-refractivity contribution in [1.82, 2.24) is 5.32 Å². The fraction of sp³-hybridized carbons (Fsp3) is 0.240. The number of nitrogens with one attached hydrogen (secondary N) is 1. The van der Waals surface area contributed by atoms with Gasteiger partial charge >= 0.3 is 5.97 Å². The maximum Gasteiger partial charge on any atom is 0.341 e. The van der Waals surface area contributed by atoms with E-state index in [-0.39, 0.29) is 17.4 Å². The number of hydrogen-bond donors (Lipinski definition) is 2. The van der Waals surface area contributed by atoms with E-state index < -0.39 is 34.9 Å². The van der Waals surface area contributed by atoms with Gasteiger partial charge < -0.3 is 19.9 Å². The Morgan fingerprint density at radius 1 is 1.09 bits per heavy atom. The van der Waals surface area contributed by atoms with Crippen LogP contribution in [0.15, 0.2) is 54.6 Å². The smallest absolute Gasteiger partial charge is 0.341 e. The van der Waals surface area contributed by atoms with Crippen LogP contribution in [0.4, 0.5) is 13.2 Å². The van der Waals surface area contributed by atoms with E-state index in [0.717, 1.165) is 11.6 Å². The molecule has 0 fully saturated rings. The highest BCUT2D eigenvalue weighted by Gasteiger charge is 2.33. The van der Waals surface area contributed by atoms with Crippen LogP contribution in [0.2, 0.25) is 0 Å². The minimum Gasteiger partial charge on any atom is -0.494 e. The predicted octanol–water partition coefficient (Wildman–Crippen LogP) is 4.88. The van der Waals surface area contributed by atoms with Gasteiger partial charge in [-0.1, -0.05) is 30.3 Å². The Balaban J connectivity index is 1.55. The number of halogens is 3. The maximum atomic E-state index is 15.0. The first kappa shape index (κ1) is 22.7. The number of carboxylic acids is 1. The lowest BCUT2D eigenvalue weighted by molar-refractivity contribution is 0.0686. The van der Waals surface area contributed by atoms with Crippen molar-refractivity contribution in [2.45, 2.75) is 25.0 Å². The summed E-state index contributed by atoms with van der Waals surface area (Å²) >= 11 is 0. The molecule has 2 unspecified atom stereocenters. The van der Waals surface area contributed by atoms with Gasteiger partial charge in [0, 0.05) is 24.6 Å². The molecular formula is C25H22F3NO4. The molecule has 3 aromatic rings. The highest BCUT2D eigenvalue weighted by Crippen LogP contribution is 2.41. The number of ether oxygens (including phenoxy) is 2. The molecule has 0 radical (unpaired) electrons. The second-order valence-electron chi connectivity index (χ2n) is 7.80. The number of rotatable bonds is 7. The molecule has 172 valence electrons. The van der Waals surface area contributed by atoms with Gasteiger partial charge in [-0.3, -0.25) is 0 Å². The largest absolute Gasteiger partial charge is 0.494 e. The number of para-hydroxylation sites is 1. The first-order valence-corrected chi connectivity index (χ1v) is 10.4. The molecule has 8 heteroatoms. The molecule has 33 heavy (non-hydrogen) atoms. The molecule has 1 aliphatic rings. The minimum atomic E-state index is -1.65. The van der Waals surface area contributed by atoms with E-state index in [1.54, 1.807) is 36.4 Å². The summed E-state index contributed by atoms with van der Waals surface area (Å²) in [5, 5.41) is 12.5. The normalized spacial score (nSPS) is 17.2. The SMILES string of the molecule is COc1cc(CNCC2CC(c3ccc(F)c(C(=O)O)c3F)c3ccccc3O2)ccc1F. The monoisotopic (exact) mass is 457 g/mol. The van der Waals surface area contributed by atoms with Crippen LogP contribution in [0.3, 0.4) is 0 Å². The summed E-state index contributed by atoms with van der Waals surface area (Å²) in [6.45, 7) is 0.829. The van der Waals surface area contributed by atoms with Crippen molar-refractivity contribution in [1.29, 1.82) is 0 Å². The topological polar surface area (TPSA) is 67.8 Å². The van der Waals surface area contributed by atoms with Gasteiger partial charge in [-0.05, 0) is 41.8 Å². The van der Waals surface area contributed by atoms with Gasteiger partial charge in [-0.25, -0.2) is 18.0 Å². The van der Waals surface area contributed by atoms with Crippen LogP contribution in [-0.2, 0) is 6.54 Å². The van der Waals surface area contributed by atoms with E-state index in [4.69, 9.17) is 9.47 Å². The van der Waals surface area contributed by atoms with E-state index in [1.165, 1.54) is 19.2 Å². The molecule has 4 rings (SSSR count). The predicted molar refractivity (Wildman–Crippen MR) is 115 cm³/mol. The van der Waals surface area contributed by atoms with Crippen LogP contribution < -0.4 is 14.8 Å². The molecular weight excluding hydrogens is 435 g/mol. The molecule has 0 bridgehead atoms. The van der Waals surface area contributed by atoms with Crippen LogP contribution in [0, 0.1) is 17.5 Å². The highest BCUT2D eigenvalue weighted by atomic mass is 19.1. The average molecular weight is 457 g/mol. The molecule has 2 N–H and O–H groups in total. The van der Waals surface area contributed by atoms with Gasteiger partial charge in [0.25, 0.3) is 0 Å². The molecule has 1 aliphatic heterocycles. The molecule has 3 aromatic carbocycles. The van der Waals surface area contributed by atoms with Crippen molar-refractivity contribution in [2.75, 3.05) is 13.7 Å². The summed E-state index contributed by atoms with van der Waals surface area (Å²) in [7, 11) is 1.40. The summed E-state index contributed by atoms with van der Waals surface area (Å²) < 4.78 is 53.7. The third-order valence-corrected chi connectivity index (χ3v) is 5.71.